The quantitative estimate of drug-likeness (QED) is 0.564. The molecule has 0 saturated carbocycles. The van der Waals surface area contributed by atoms with Crippen LogP contribution in [0.4, 0.5) is 17.1 Å². The molecule has 6 heteroatoms. The van der Waals surface area contributed by atoms with E-state index in [-0.39, 0.29) is 18.4 Å². The van der Waals surface area contributed by atoms with Crippen LogP contribution in [0.3, 0.4) is 0 Å². The molecule has 0 atom stereocenters. The molecular weight excluding hydrogens is 354 g/mol. The van der Waals surface area contributed by atoms with Crippen molar-refractivity contribution < 1.29 is 14.3 Å². The van der Waals surface area contributed by atoms with Gasteiger partial charge < -0.3 is 20.7 Å². The predicted octanol–water partition coefficient (Wildman–Crippen LogP) is 4.51. The van der Waals surface area contributed by atoms with E-state index in [1.54, 1.807) is 24.3 Å². The van der Waals surface area contributed by atoms with Crippen LogP contribution in [-0.2, 0) is 9.59 Å². The van der Waals surface area contributed by atoms with Gasteiger partial charge in [-0.2, -0.15) is 0 Å². The zero-order valence-corrected chi connectivity index (χ0v) is 16.7. The largest absolute Gasteiger partial charge is 0.493 e. The summed E-state index contributed by atoms with van der Waals surface area (Å²) in [7, 11) is 0. The second kappa shape index (κ2) is 11.0. The Hall–Kier alpha value is -3.02. The number of ether oxygens (including phenoxy) is 1. The van der Waals surface area contributed by atoms with Crippen LogP contribution in [0.2, 0.25) is 0 Å². The molecule has 0 aliphatic rings. The Morgan fingerprint density at radius 2 is 1.57 bits per heavy atom. The molecule has 0 saturated heterocycles. The number of carbonyl (C=O) groups is 2. The third-order valence-electron chi connectivity index (χ3n) is 3.80. The van der Waals surface area contributed by atoms with Crippen LogP contribution in [0.5, 0.6) is 5.75 Å². The van der Waals surface area contributed by atoms with Crippen LogP contribution in [0, 0.1) is 5.92 Å². The van der Waals surface area contributed by atoms with Gasteiger partial charge in [0.25, 0.3) is 0 Å². The van der Waals surface area contributed by atoms with Crippen LogP contribution in [-0.4, -0.2) is 25.0 Å². The van der Waals surface area contributed by atoms with E-state index in [0.717, 1.165) is 17.9 Å². The summed E-state index contributed by atoms with van der Waals surface area (Å²) in [4.78, 5) is 23.8. The highest BCUT2D eigenvalue weighted by Crippen LogP contribution is 2.18. The smallest absolute Gasteiger partial charge is 0.243 e. The number of hydrogen-bond acceptors (Lipinski definition) is 4. The summed E-state index contributed by atoms with van der Waals surface area (Å²) in [5.41, 5.74) is 2.22. The summed E-state index contributed by atoms with van der Waals surface area (Å²) in [6.07, 6.45) is 1.30. The lowest BCUT2D eigenvalue weighted by molar-refractivity contribution is -0.116. The monoisotopic (exact) mass is 383 g/mol. The number of hydrogen-bond donors (Lipinski definition) is 3. The van der Waals surface area contributed by atoms with Crippen molar-refractivity contribution in [3.8, 4) is 5.75 Å². The molecule has 3 N–H and O–H groups in total. The Morgan fingerprint density at radius 3 is 2.18 bits per heavy atom. The lowest BCUT2D eigenvalue weighted by Crippen LogP contribution is -2.21. The molecule has 0 unspecified atom stereocenters. The summed E-state index contributed by atoms with van der Waals surface area (Å²) in [5, 5.41) is 8.74. The third-order valence-corrected chi connectivity index (χ3v) is 3.80. The van der Waals surface area contributed by atoms with E-state index < -0.39 is 0 Å². The van der Waals surface area contributed by atoms with Crippen molar-refractivity contribution >= 4 is 28.9 Å². The van der Waals surface area contributed by atoms with Gasteiger partial charge in [0.05, 0.1) is 13.2 Å². The fraction of sp³-hybridized carbons (Fsp3) is 0.364. The lowest BCUT2D eigenvalue weighted by atomic mass is 10.2. The van der Waals surface area contributed by atoms with Gasteiger partial charge in [-0.1, -0.05) is 26.8 Å². The molecule has 0 aliphatic heterocycles. The van der Waals surface area contributed by atoms with Gasteiger partial charge in [-0.3, -0.25) is 9.59 Å². The molecule has 0 aromatic heterocycles. The van der Waals surface area contributed by atoms with E-state index in [1.165, 1.54) is 0 Å². The predicted molar refractivity (Wildman–Crippen MR) is 114 cm³/mol. The number of rotatable bonds is 10. The zero-order chi connectivity index (χ0) is 20.4. The van der Waals surface area contributed by atoms with Crippen molar-refractivity contribution in [3.63, 3.8) is 0 Å². The highest BCUT2D eigenvalue weighted by atomic mass is 16.5. The van der Waals surface area contributed by atoms with Gasteiger partial charge >= 0.3 is 0 Å². The summed E-state index contributed by atoms with van der Waals surface area (Å²) < 4.78 is 5.69. The summed E-state index contributed by atoms with van der Waals surface area (Å²) >= 11 is 0. The molecule has 0 aliphatic carbocycles. The van der Waals surface area contributed by atoms with Crippen molar-refractivity contribution in [2.45, 2.75) is 33.6 Å². The highest BCUT2D eigenvalue weighted by molar-refractivity contribution is 5.94. The first-order valence-corrected chi connectivity index (χ1v) is 9.62. The standard InChI is InChI=1S/C22H29N3O3/c1-4-6-21(26)24-17-9-11-18(12-10-17)25-22(27)14-23-19-7-5-8-20(13-19)28-15-16(2)3/h5,7-13,16,23H,4,6,14-15H2,1-3H3,(H,24,26)(H,25,27). The highest BCUT2D eigenvalue weighted by Gasteiger charge is 2.05. The van der Waals surface area contributed by atoms with E-state index in [2.05, 4.69) is 29.8 Å². The van der Waals surface area contributed by atoms with E-state index >= 15 is 0 Å². The maximum Gasteiger partial charge on any atom is 0.243 e. The Bertz CT molecular complexity index is 773. The van der Waals surface area contributed by atoms with E-state index in [1.807, 2.05) is 31.2 Å². The minimum atomic E-state index is -0.156. The molecule has 0 heterocycles. The van der Waals surface area contributed by atoms with Gasteiger partial charge in [-0.25, -0.2) is 0 Å². The molecule has 0 fully saturated rings. The number of carbonyl (C=O) groups excluding carboxylic acids is 2. The van der Waals surface area contributed by atoms with Crippen molar-refractivity contribution in [3.05, 3.63) is 48.5 Å². The van der Waals surface area contributed by atoms with E-state index in [0.29, 0.717) is 30.3 Å². The van der Waals surface area contributed by atoms with Crippen molar-refractivity contribution in [2.24, 2.45) is 5.92 Å². The Balaban J connectivity index is 1.81. The van der Waals surface area contributed by atoms with Gasteiger partial charge in [-0.15, -0.1) is 0 Å². The minimum absolute atomic E-state index is 0.0110. The third kappa shape index (κ3) is 7.70. The van der Waals surface area contributed by atoms with Gasteiger partial charge in [-0.05, 0) is 48.7 Å². The molecular formula is C22H29N3O3. The summed E-state index contributed by atoms with van der Waals surface area (Å²) in [6, 6.07) is 14.6. The Morgan fingerprint density at radius 1 is 0.929 bits per heavy atom. The van der Waals surface area contributed by atoms with Crippen LogP contribution in [0.15, 0.2) is 48.5 Å². The molecule has 0 radical (unpaired) electrons. The molecule has 2 rings (SSSR count). The number of nitrogens with one attached hydrogen (secondary N) is 3. The Labute approximate surface area is 166 Å². The second-order valence-corrected chi connectivity index (χ2v) is 7.01. The average molecular weight is 383 g/mol. The van der Waals surface area contributed by atoms with Crippen LogP contribution in [0.25, 0.3) is 0 Å². The fourth-order valence-corrected chi connectivity index (χ4v) is 2.43. The van der Waals surface area contributed by atoms with Crippen molar-refractivity contribution in [2.75, 3.05) is 29.1 Å². The molecule has 6 nitrogen and oxygen atoms in total. The average Bonchev–Trinajstić information content (AvgIpc) is 2.67. The normalized spacial score (nSPS) is 10.4. The molecule has 2 aromatic carbocycles. The molecule has 0 bridgehead atoms. The Kier molecular flexibility index (Phi) is 8.34. The molecule has 2 aromatic rings. The first-order valence-electron chi connectivity index (χ1n) is 9.62. The number of amides is 2. The zero-order valence-electron chi connectivity index (χ0n) is 16.7. The van der Waals surface area contributed by atoms with Crippen molar-refractivity contribution in [1.82, 2.24) is 0 Å². The first kappa shape index (κ1) is 21.3. The fourth-order valence-electron chi connectivity index (χ4n) is 2.43. The van der Waals surface area contributed by atoms with E-state index in [4.69, 9.17) is 4.74 Å². The molecule has 28 heavy (non-hydrogen) atoms. The van der Waals surface area contributed by atoms with Crippen LogP contribution in [0.1, 0.15) is 33.6 Å². The van der Waals surface area contributed by atoms with Crippen LogP contribution < -0.4 is 20.7 Å². The molecule has 2 amide bonds. The first-order chi connectivity index (χ1) is 13.5. The van der Waals surface area contributed by atoms with Gasteiger partial charge in [0.15, 0.2) is 0 Å². The number of benzene rings is 2. The summed E-state index contributed by atoms with van der Waals surface area (Å²) in [6.45, 7) is 6.94. The minimum Gasteiger partial charge on any atom is -0.493 e. The van der Waals surface area contributed by atoms with Gasteiger partial charge in [0.2, 0.25) is 11.8 Å². The van der Waals surface area contributed by atoms with Crippen molar-refractivity contribution in [1.29, 1.82) is 0 Å². The SMILES string of the molecule is CCCC(=O)Nc1ccc(NC(=O)CNc2cccc(OCC(C)C)c2)cc1. The maximum absolute atomic E-state index is 12.2. The maximum atomic E-state index is 12.2. The number of anilines is 3. The second-order valence-electron chi connectivity index (χ2n) is 7.01. The lowest BCUT2D eigenvalue weighted by Gasteiger charge is -2.12. The van der Waals surface area contributed by atoms with E-state index in [9.17, 15) is 9.59 Å². The van der Waals surface area contributed by atoms with Crippen LogP contribution >= 0.6 is 0 Å². The van der Waals surface area contributed by atoms with Gasteiger partial charge in [0.1, 0.15) is 5.75 Å². The molecule has 0 spiro atoms. The van der Waals surface area contributed by atoms with Gasteiger partial charge in [0, 0.05) is 29.5 Å². The molecule has 150 valence electrons. The topological polar surface area (TPSA) is 79.5 Å². The summed E-state index contributed by atoms with van der Waals surface area (Å²) in [5.74, 6) is 1.06.